The molecule has 0 radical (unpaired) electrons. The van der Waals surface area contributed by atoms with Crippen LogP contribution < -0.4 is 0 Å². The summed E-state index contributed by atoms with van der Waals surface area (Å²) in [7, 11) is 0.572. The third-order valence-electron chi connectivity index (χ3n) is 3.10. The summed E-state index contributed by atoms with van der Waals surface area (Å²) in [6.07, 6.45) is 10.9. The SMILES string of the molecule is CCCCCCCC[S+](C)Cc1ccccc1. The van der Waals surface area contributed by atoms with Crippen molar-refractivity contribution in [3.63, 3.8) is 0 Å². The van der Waals surface area contributed by atoms with E-state index in [-0.39, 0.29) is 0 Å². The zero-order valence-corrected chi connectivity index (χ0v) is 12.3. The van der Waals surface area contributed by atoms with Gasteiger partial charge in [-0.25, -0.2) is 0 Å². The first-order valence-corrected chi connectivity index (χ1v) is 8.93. The Morgan fingerprint density at radius 3 is 2.24 bits per heavy atom. The zero-order chi connectivity index (χ0) is 12.3. The van der Waals surface area contributed by atoms with E-state index in [1.807, 2.05) is 0 Å². The van der Waals surface area contributed by atoms with Crippen LogP contribution in [0.5, 0.6) is 0 Å². The second-order valence-corrected chi connectivity index (χ2v) is 7.14. The molecule has 0 saturated heterocycles. The topological polar surface area (TPSA) is 0 Å². The summed E-state index contributed by atoms with van der Waals surface area (Å²) in [4.78, 5) is 0. The van der Waals surface area contributed by atoms with Gasteiger partial charge in [-0.15, -0.1) is 0 Å². The molecule has 1 heteroatoms. The molecule has 0 fully saturated rings. The Hall–Kier alpha value is -0.430. The molecule has 1 aromatic carbocycles. The number of hydrogen-bond acceptors (Lipinski definition) is 0. The second kappa shape index (κ2) is 9.58. The van der Waals surface area contributed by atoms with Gasteiger partial charge in [-0.2, -0.15) is 0 Å². The normalized spacial score (nSPS) is 12.6. The van der Waals surface area contributed by atoms with Gasteiger partial charge < -0.3 is 0 Å². The van der Waals surface area contributed by atoms with Crippen molar-refractivity contribution in [1.29, 1.82) is 0 Å². The van der Waals surface area contributed by atoms with Gasteiger partial charge in [0.25, 0.3) is 0 Å². The molecule has 0 amide bonds. The van der Waals surface area contributed by atoms with E-state index in [1.54, 1.807) is 0 Å². The number of rotatable bonds is 9. The molecule has 0 N–H and O–H groups in total. The fourth-order valence-corrected chi connectivity index (χ4v) is 3.66. The van der Waals surface area contributed by atoms with Crippen LogP contribution in [0.4, 0.5) is 0 Å². The predicted octanol–water partition coefficient (Wildman–Crippen LogP) is 4.80. The van der Waals surface area contributed by atoms with Crippen LogP contribution in [-0.2, 0) is 16.6 Å². The minimum absolute atomic E-state index is 0.572. The molecule has 0 nitrogen and oxygen atoms in total. The molecule has 0 aliphatic heterocycles. The highest BCUT2D eigenvalue weighted by Crippen LogP contribution is 2.10. The quantitative estimate of drug-likeness (QED) is 0.437. The summed E-state index contributed by atoms with van der Waals surface area (Å²) in [5.41, 5.74) is 1.50. The highest BCUT2D eigenvalue weighted by molar-refractivity contribution is 7.95. The van der Waals surface area contributed by atoms with E-state index in [1.165, 1.54) is 55.6 Å². The van der Waals surface area contributed by atoms with Gasteiger partial charge in [-0.1, -0.05) is 62.9 Å². The van der Waals surface area contributed by atoms with E-state index in [4.69, 9.17) is 0 Å². The Morgan fingerprint density at radius 2 is 1.53 bits per heavy atom. The Kier molecular flexibility index (Phi) is 8.25. The molecule has 0 bridgehead atoms. The standard InChI is InChI=1S/C16H27S/c1-3-4-5-6-7-11-14-17(2)15-16-12-9-8-10-13-16/h8-10,12-13H,3-7,11,14-15H2,1-2H3/q+1. The molecule has 0 heterocycles. The first-order valence-electron chi connectivity index (χ1n) is 6.96. The van der Waals surface area contributed by atoms with Crippen molar-refractivity contribution in [1.82, 2.24) is 0 Å². The smallest absolute Gasteiger partial charge is 0.0654 e. The predicted molar refractivity (Wildman–Crippen MR) is 81.7 cm³/mol. The molecule has 1 rings (SSSR count). The molecule has 0 aromatic heterocycles. The molecule has 1 aromatic rings. The van der Waals surface area contributed by atoms with Crippen LogP contribution in [0, 0.1) is 0 Å². The van der Waals surface area contributed by atoms with Crippen molar-refractivity contribution in [2.75, 3.05) is 12.0 Å². The van der Waals surface area contributed by atoms with Gasteiger partial charge in [-0.3, -0.25) is 0 Å². The van der Waals surface area contributed by atoms with Gasteiger partial charge in [-0.05, 0) is 23.7 Å². The van der Waals surface area contributed by atoms with Crippen LogP contribution in [0.1, 0.15) is 51.0 Å². The summed E-state index contributed by atoms with van der Waals surface area (Å²) < 4.78 is 0. The van der Waals surface area contributed by atoms with Crippen molar-refractivity contribution in [2.24, 2.45) is 0 Å². The average Bonchev–Trinajstić information content (AvgIpc) is 2.35. The molecule has 1 atom stereocenters. The van der Waals surface area contributed by atoms with Crippen LogP contribution in [0.3, 0.4) is 0 Å². The maximum atomic E-state index is 2.42. The van der Waals surface area contributed by atoms with E-state index in [0.717, 1.165) is 0 Å². The van der Waals surface area contributed by atoms with Crippen LogP contribution in [0.25, 0.3) is 0 Å². The van der Waals surface area contributed by atoms with Gasteiger partial charge in [0.2, 0.25) is 0 Å². The first-order chi connectivity index (χ1) is 8.33. The number of benzene rings is 1. The summed E-state index contributed by atoms with van der Waals surface area (Å²) in [5.74, 6) is 2.69. The van der Waals surface area contributed by atoms with E-state index >= 15 is 0 Å². The van der Waals surface area contributed by atoms with Gasteiger partial charge >= 0.3 is 0 Å². The summed E-state index contributed by atoms with van der Waals surface area (Å²) in [6.45, 7) is 2.28. The zero-order valence-electron chi connectivity index (χ0n) is 11.5. The highest BCUT2D eigenvalue weighted by Gasteiger charge is 2.10. The van der Waals surface area contributed by atoms with Gasteiger partial charge in [0.1, 0.15) is 11.5 Å². The Morgan fingerprint density at radius 1 is 0.882 bits per heavy atom. The van der Waals surface area contributed by atoms with E-state index < -0.39 is 0 Å². The number of hydrogen-bond donors (Lipinski definition) is 0. The van der Waals surface area contributed by atoms with Crippen molar-refractivity contribution >= 4 is 10.9 Å². The minimum Gasteiger partial charge on any atom is -0.0654 e. The van der Waals surface area contributed by atoms with Crippen LogP contribution >= 0.6 is 0 Å². The van der Waals surface area contributed by atoms with Crippen molar-refractivity contribution in [3.05, 3.63) is 35.9 Å². The molecule has 96 valence electrons. The fourth-order valence-electron chi connectivity index (χ4n) is 2.06. The lowest BCUT2D eigenvalue weighted by Gasteiger charge is -2.04. The van der Waals surface area contributed by atoms with Crippen molar-refractivity contribution < 1.29 is 0 Å². The maximum absolute atomic E-state index is 2.42. The summed E-state index contributed by atoms with van der Waals surface area (Å²) in [5, 5.41) is 0. The molecule has 17 heavy (non-hydrogen) atoms. The third kappa shape index (κ3) is 7.49. The minimum atomic E-state index is 0.572. The number of unbranched alkanes of at least 4 members (excludes halogenated alkanes) is 5. The fraction of sp³-hybridized carbons (Fsp3) is 0.625. The molecule has 0 aliphatic rings. The van der Waals surface area contributed by atoms with Crippen LogP contribution in [0.15, 0.2) is 30.3 Å². The highest BCUT2D eigenvalue weighted by atomic mass is 32.2. The summed E-state index contributed by atoms with van der Waals surface area (Å²) in [6, 6.07) is 10.9. The lowest BCUT2D eigenvalue weighted by atomic mass is 10.1. The van der Waals surface area contributed by atoms with E-state index in [9.17, 15) is 0 Å². The summed E-state index contributed by atoms with van der Waals surface area (Å²) >= 11 is 0. The molecule has 0 saturated carbocycles. The largest absolute Gasteiger partial charge is 0.132 e. The van der Waals surface area contributed by atoms with Crippen molar-refractivity contribution in [2.45, 2.75) is 51.2 Å². The second-order valence-electron chi connectivity index (χ2n) is 4.88. The lowest BCUT2D eigenvalue weighted by molar-refractivity contribution is 0.626. The van der Waals surface area contributed by atoms with E-state index in [2.05, 4.69) is 43.5 Å². The third-order valence-corrected chi connectivity index (χ3v) is 4.91. The molecule has 0 aliphatic carbocycles. The van der Waals surface area contributed by atoms with E-state index in [0.29, 0.717) is 10.9 Å². The van der Waals surface area contributed by atoms with Gasteiger partial charge in [0.15, 0.2) is 0 Å². The molecular formula is C16H27S+. The van der Waals surface area contributed by atoms with Gasteiger partial charge in [0, 0.05) is 5.56 Å². The monoisotopic (exact) mass is 251 g/mol. The lowest BCUT2D eigenvalue weighted by Crippen LogP contribution is -2.08. The first kappa shape index (κ1) is 14.6. The van der Waals surface area contributed by atoms with Crippen LogP contribution in [0.2, 0.25) is 0 Å². The maximum Gasteiger partial charge on any atom is 0.132 e. The molecule has 0 spiro atoms. The molecule has 1 unspecified atom stereocenters. The Labute approximate surface area is 110 Å². The van der Waals surface area contributed by atoms with Crippen molar-refractivity contribution in [3.8, 4) is 0 Å². The van der Waals surface area contributed by atoms with Crippen LogP contribution in [-0.4, -0.2) is 12.0 Å². The van der Waals surface area contributed by atoms with Gasteiger partial charge in [0.05, 0.1) is 6.26 Å². The average molecular weight is 251 g/mol. The molecular weight excluding hydrogens is 224 g/mol. The Bertz CT molecular complexity index is 268. The Balaban J connectivity index is 2.03.